The number of fused-ring (bicyclic) bond motifs is 1. The van der Waals surface area contributed by atoms with E-state index in [1.54, 1.807) is 17.0 Å². The molecule has 7 heteroatoms. The van der Waals surface area contributed by atoms with E-state index in [0.717, 1.165) is 52.0 Å². The number of hydrogen-bond donors (Lipinski definition) is 1. The van der Waals surface area contributed by atoms with E-state index in [2.05, 4.69) is 15.2 Å². The first-order valence-electron chi connectivity index (χ1n) is 8.97. The molecule has 4 heterocycles. The zero-order chi connectivity index (χ0) is 16.5. The van der Waals surface area contributed by atoms with Gasteiger partial charge in [-0.2, -0.15) is 0 Å². The Kier molecular flexibility index (Phi) is 4.56. The van der Waals surface area contributed by atoms with Crippen molar-refractivity contribution in [3.63, 3.8) is 0 Å². The molecule has 132 valence electrons. The largest absolute Gasteiger partial charge is 0.381 e. The number of likely N-dealkylation sites (tertiary alicyclic amines) is 1. The number of ether oxygens (including phenoxy) is 2. The molecule has 0 unspecified atom stereocenters. The number of nitrogens with zero attached hydrogens (tertiary/aromatic N) is 3. The van der Waals surface area contributed by atoms with E-state index >= 15 is 0 Å². The van der Waals surface area contributed by atoms with Gasteiger partial charge in [-0.1, -0.05) is 0 Å². The number of imidazole rings is 1. The predicted octanol–water partition coefficient (Wildman–Crippen LogP) is 0.561. The molecule has 0 bridgehead atoms. The molecule has 3 aliphatic heterocycles. The number of aromatic nitrogens is 2. The minimum Gasteiger partial charge on any atom is -0.381 e. The zero-order valence-electron chi connectivity index (χ0n) is 14.2. The van der Waals surface area contributed by atoms with Crippen molar-refractivity contribution < 1.29 is 14.3 Å². The Morgan fingerprint density at radius 1 is 1.29 bits per heavy atom. The molecule has 7 nitrogen and oxygen atoms in total. The first-order valence-corrected chi connectivity index (χ1v) is 8.97. The van der Waals surface area contributed by atoms with Crippen LogP contribution in [0.3, 0.4) is 0 Å². The first kappa shape index (κ1) is 16.1. The van der Waals surface area contributed by atoms with E-state index in [0.29, 0.717) is 17.9 Å². The Hall–Kier alpha value is -1.44. The number of carbonyl (C=O) groups excluding carboxylic acids is 1. The van der Waals surface area contributed by atoms with Gasteiger partial charge in [0.15, 0.2) is 5.82 Å². The summed E-state index contributed by atoms with van der Waals surface area (Å²) in [5.41, 5.74) is 0. The van der Waals surface area contributed by atoms with Gasteiger partial charge < -0.3 is 19.4 Å². The van der Waals surface area contributed by atoms with Crippen molar-refractivity contribution in [2.24, 2.45) is 7.05 Å². The summed E-state index contributed by atoms with van der Waals surface area (Å²) < 4.78 is 13.3. The fraction of sp³-hybridized carbons (Fsp3) is 0.765. The number of aryl methyl sites for hydroxylation is 1. The molecular weight excluding hydrogens is 308 g/mol. The van der Waals surface area contributed by atoms with Crippen LogP contribution in [-0.2, 0) is 16.5 Å². The maximum atomic E-state index is 12.6. The van der Waals surface area contributed by atoms with Crippen molar-refractivity contribution in [2.75, 3.05) is 26.4 Å². The summed E-state index contributed by atoms with van der Waals surface area (Å²) in [5.74, 6) is 0.334. The molecular formula is C17H26N4O3. The first-order chi connectivity index (χ1) is 11.7. The maximum Gasteiger partial charge on any atom is 0.287 e. The van der Waals surface area contributed by atoms with E-state index in [1.165, 1.54) is 0 Å². The van der Waals surface area contributed by atoms with Crippen LogP contribution >= 0.6 is 0 Å². The third-order valence-corrected chi connectivity index (χ3v) is 5.56. The summed E-state index contributed by atoms with van der Waals surface area (Å²) in [6.07, 6.45) is 7.92. The van der Waals surface area contributed by atoms with Crippen molar-refractivity contribution in [3.8, 4) is 0 Å². The van der Waals surface area contributed by atoms with Crippen molar-refractivity contribution in [1.29, 1.82) is 0 Å². The number of carbonyl (C=O) groups is 1. The highest BCUT2D eigenvalue weighted by Crippen LogP contribution is 2.33. The maximum absolute atomic E-state index is 12.6. The van der Waals surface area contributed by atoms with Gasteiger partial charge in [0.25, 0.3) is 5.91 Å². The highest BCUT2D eigenvalue weighted by atomic mass is 16.5. The van der Waals surface area contributed by atoms with Crippen molar-refractivity contribution >= 4 is 5.91 Å². The molecule has 24 heavy (non-hydrogen) atoms. The van der Waals surface area contributed by atoms with Gasteiger partial charge >= 0.3 is 0 Å². The monoisotopic (exact) mass is 334 g/mol. The fourth-order valence-electron chi connectivity index (χ4n) is 4.37. The van der Waals surface area contributed by atoms with Crippen LogP contribution in [0.4, 0.5) is 0 Å². The normalized spacial score (nSPS) is 31.8. The van der Waals surface area contributed by atoms with Crippen molar-refractivity contribution in [2.45, 2.75) is 49.9 Å². The summed E-state index contributed by atoms with van der Waals surface area (Å²) in [5, 5.41) is 3.17. The molecule has 3 saturated heterocycles. The van der Waals surface area contributed by atoms with Crippen LogP contribution in [0.2, 0.25) is 0 Å². The zero-order valence-corrected chi connectivity index (χ0v) is 14.2. The van der Waals surface area contributed by atoms with Crippen LogP contribution in [0.5, 0.6) is 0 Å². The number of nitrogens with one attached hydrogen (secondary N) is 1. The lowest BCUT2D eigenvalue weighted by molar-refractivity contribution is -0.0390. The predicted molar refractivity (Wildman–Crippen MR) is 87.8 cm³/mol. The lowest BCUT2D eigenvalue weighted by Crippen LogP contribution is -2.48. The van der Waals surface area contributed by atoms with Gasteiger partial charge in [-0.25, -0.2) is 4.98 Å². The average Bonchev–Trinajstić information content (AvgIpc) is 3.20. The van der Waals surface area contributed by atoms with Crippen molar-refractivity contribution in [3.05, 3.63) is 18.2 Å². The van der Waals surface area contributed by atoms with Gasteiger partial charge in [-0.3, -0.25) is 9.69 Å². The summed E-state index contributed by atoms with van der Waals surface area (Å²) >= 11 is 0. The topological polar surface area (TPSA) is 68.6 Å². The van der Waals surface area contributed by atoms with E-state index in [9.17, 15) is 4.79 Å². The van der Waals surface area contributed by atoms with Crippen LogP contribution in [0.1, 0.15) is 36.3 Å². The lowest BCUT2D eigenvalue weighted by Gasteiger charge is -2.38. The molecule has 1 amide bonds. The minimum atomic E-state index is -0.116. The Balaban J connectivity index is 1.48. The fourth-order valence-corrected chi connectivity index (χ4v) is 4.37. The van der Waals surface area contributed by atoms with Gasteiger partial charge in [-0.05, 0) is 25.7 Å². The third-order valence-electron chi connectivity index (χ3n) is 5.56. The molecule has 0 aliphatic carbocycles. The third kappa shape index (κ3) is 2.96. The molecule has 3 fully saturated rings. The molecule has 0 spiro atoms. The lowest BCUT2D eigenvalue weighted by atomic mass is 9.99. The molecule has 0 radical (unpaired) electrons. The highest BCUT2D eigenvalue weighted by molar-refractivity contribution is 5.91. The van der Waals surface area contributed by atoms with Gasteiger partial charge in [0.2, 0.25) is 0 Å². The Bertz CT molecular complexity index is 584. The van der Waals surface area contributed by atoms with Gasteiger partial charge in [0.1, 0.15) is 0 Å². The highest BCUT2D eigenvalue weighted by Gasteiger charge is 2.47. The van der Waals surface area contributed by atoms with Crippen LogP contribution < -0.4 is 5.32 Å². The number of rotatable bonds is 3. The molecule has 1 aromatic heterocycles. The molecule has 1 aromatic rings. The standard InChI is InChI=1S/C17H26N4O3/c1-20-7-6-18-16(20)17(22)19-13-11-21(12-4-9-23-10-5-12)14-3-2-8-24-15(13)14/h6-7,12-15H,2-5,8-11H2,1H3,(H,19,22)/t13-,14+,15+/m1/s1. The second-order valence-corrected chi connectivity index (χ2v) is 7.03. The molecule has 4 rings (SSSR count). The second kappa shape index (κ2) is 6.82. The van der Waals surface area contributed by atoms with Gasteiger partial charge in [-0.15, -0.1) is 0 Å². The van der Waals surface area contributed by atoms with Gasteiger partial charge in [0, 0.05) is 57.9 Å². The van der Waals surface area contributed by atoms with E-state index in [4.69, 9.17) is 9.47 Å². The Labute approximate surface area is 142 Å². The van der Waals surface area contributed by atoms with Crippen LogP contribution in [-0.4, -0.2) is 71.0 Å². The summed E-state index contributed by atoms with van der Waals surface area (Å²) in [6, 6.07) is 0.985. The molecule has 0 aromatic carbocycles. The van der Waals surface area contributed by atoms with Crippen LogP contribution in [0.15, 0.2) is 12.4 Å². The quantitative estimate of drug-likeness (QED) is 0.875. The molecule has 3 atom stereocenters. The van der Waals surface area contributed by atoms with Crippen LogP contribution in [0.25, 0.3) is 0 Å². The summed E-state index contributed by atoms with van der Waals surface area (Å²) in [4.78, 5) is 19.3. The molecule has 3 aliphatic rings. The number of hydrogen-bond acceptors (Lipinski definition) is 5. The minimum absolute atomic E-state index is 0.0299. The SMILES string of the molecule is Cn1ccnc1C(=O)N[C@@H]1CN(C2CCOCC2)[C@H]2CCCO[C@@H]12. The molecule has 1 N–H and O–H groups in total. The summed E-state index contributed by atoms with van der Waals surface area (Å²) in [7, 11) is 1.84. The van der Waals surface area contributed by atoms with Crippen molar-refractivity contribution in [1.82, 2.24) is 19.8 Å². The van der Waals surface area contributed by atoms with Gasteiger partial charge in [0.05, 0.1) is 12.1 Å². The Morgan fingerprint density at radius 3 is 2.88 bits per heavy atom. The van der Waals surface area contributed by atoms with E-state index in [1.807, 2.05) is 7.05 Å². The molecule has 0 saturated carbocycles. The average molecular weight is 334 g/mol. The van der Waals surface area contributed by atoms with Crippen LogP contribution in [0, 0.1) is 0 Å². The van der Waals surface area contributed by atoms with E-state index in [-0.39, 0.29) is 18.1 Å². The second-order valence-electron chi connectivity index (χ2n) is 7.03. The van der Waals surface area contributed by atoms with E-state index < -0.39 is 0 Å². The summed E-state index contributed by atoms with van der Waals surface area (Å²) in [6.45, 7) is 3.32. The number of amides is 1. The Morgan fingerprint density at radius 2 is 2.12 bits per heavy atom. The smallest absolute Gasteiger partial charge is 0.287 e.